The van der Waals surface area contributed by atoms with E-state index in [9.17, 15) is 0 Å². The number of nitrogens with one attached hydrogen (secondary N) is 1. The van der Waals surface area contributed by atoms with Gasteiger partial charge in [0.2, 0.25) is 0 Å². The number of H-pyrrole nitrogens is 1. The Morgan fingerprint density at radius 2 is 1.79 bits per heavy atom. The highest BCUT2D eigenvalue weighted by molar-refractivity contribution is 5.83. The van der Waals surface area contributed by atoms with Gasteiger partial charge in [-0.1, -0.05) is 37.3 Å². The zero-order chi connectivity index (χ0) is 13.4. The maximum Gasteiger partial charge on any atom is 0.138 e. The number of aromatic amines is 1. The first-order valence-corrected chi connectivity index (χ1v) is 6.73. The van der Waals surface area contributed by atoms with Crippen LogP contribution >= 0.6 is 0 Å². The molecule has 0 aliphatic heterocycles. The van der Waals surface area contributed by atoms with E-state index in [4.69, 9.17) is 4.98 Å². The van der Waals surface area contributed by atoms with Crippen molar-refractivity contribution in [2.24, 2.45) is 0 Å². The van der Waals surface area contributed by atoms with Crippen LogP contribution in [0, 0.1) is 13.8 Å². The maximum absolute atomic E-state index is 4.72. The molecule has 1 N–H and O–H groups in total. The van der Waals surface area contributed by atoms with Gasteiger partial charge in [-0.25, -0.2) is 4.98 Å². The standard InChI is InChI=1S/C17H18N2/c1-4-13-5-7-14(8-6-13)17-18-15-10-11(2)9-12(3)16(15)19-17/h5-10H,4H2,1-3H3,(H,18,19). The second-order valence-electron chi connectivity index (χ2n) is 5.11. The van der Waals surface area contributed by atoms with Gasteiger partial charge in [0.1, 0.15) is 5.82 Å². The topological polar surface area (TPSA) is 28.7 Å². The molecule has 19 heavy (non-hydrogen) atoms. The van der Waals surface area contributed by atoms with Gasteiger partial charge in [0.15, 0.2) is 0 Å². The minimum absolute atomic E-state index is 0.950. The Morgan fingerprint density at radius 3 is 2.47 bits per heavy atom. The SMILES string of the molecule is CCc1ccc(-c2nc3c(C)cc(C)cc3[nH]2)cc1. The fourth-order valence-corrected chi connectivity index (χ4v) is 2.51. The number of hydrogen-bond donors (Lipinski definition) is 1. The van der Waals surface area contributed by atoms with E-state index in [0.717, 1.165) is 28.8 Å². The zero-order valence-corrected chi connectivity index (χ0v) is 11.6. The van der Waals surface area contributed by atoms with Crippen LogP contribution in [0.4, 0.5) is 0 Å². The summed E-state index contributed by atoms with van der Waals surface area (Å²) >= 11 is 0. The average Bonchev–Trinajstić information content (AvgIpc) is 2.83. The van der Waals surface area contributed by atoms with Crippen LogP contribution in [0.1, 0.15) is 23.6 Å². The minimum atomic E-state index is 0.950. The van der Waals surface area contributed by atoms with Gasteiger partial charge >= 0.3 is 0 Å². The minimum Gasteiger partial charge on any atom is -0.338 e. The highest BCUT2D eigenvalue weighted by atomic mass is 14.9. The van der Waals surface area contributed by atoms with Gasteiger partial charge in [-0.2, -0.15) is 0 Å². The zero-order valence-electron chi connectivity index (χ0n) is 11.6. The van der Waals surface area contributed by atoms with E-state index in [1.807, 2.05) is 0 Å². The second kappa shape index (κ2) is 4.54. The van der Waals surface area contributed by atoms with Crippen LogP contribution in [-0.4, -0.2) is 9.97 Å². The molecule has 2 nitrogen and oxygen atoms in total. The number of benzene rings is 2. The van der Waals surface area contributed by atoms with Crippen LogP contribution in [0.15, 0.2) is 36.4 Å². The summed E-state index contributed by atoms with van der Waals surface area (Å²) in [6.07, 6.45) is 1.07. The summed E-state index contributed by atoms with van der Waals surface area (Å²) in [5.74, 6) is 0.950. The summed E-state index contributed by atoms with van der Waals surface area (Å²) in [4.78, 5) is 8.14. The van der Waals surface area contributed by atoms with Gasteiger partial charge in [0.25, 0.3) is 0 Å². The molecule has 3 rings (SSSR count). The van der Waals surface area contributed by atoms with Crippen molar-refractivity contribution in [3.05, 3.63) is 53.1 Å². The first-order chi connectivity index (χ1) is 9.17. The van der Waals surface area contributed by atoms with Crippen LogP contribution in [-0.2, 0) is 6.42 Å². The molecule has 0 radical (unpaired) electrons. The van der Waals surface area contributed by atoms with Gasteiger partial charge < -0.3 is 4.98 Å². The molecule has 2 heteroatoms. The van der Waals surface area contributed by atoms with Crippen molar-refractivity contribution in [2.75, 3.05) is 0 Å². The number of aromatic nitrogens is 2. The molecular weight excluding hydrogens is 232 g/mol. The largest absolute Gasteiger partial charge is 0.338 e. The first kappa shape index (κ1) is 12.0. The molecule has 96 valence electrons. The van der Waals surface area contributed by atoms with E-state index in [0.29, 0.717) is 0 Å². The molecule has 0 aliphatic rings. The lowest BCUT2D eigenvalue weighted by molar-refractivity contribution is 1.14. The smallest absolute Gasteiger partial charge is 0.138 e. The third kappa shape index (κ3) is 2.14. The normalized spacial score (nSPS) is 11.1. The second-order valence-corrected chi connectivity index (χ2v) is 5.11. The fraction of sp³-hybridized carbons (Fsp3) is 0.235. The Labute approximate surface area is 113 Å². The summed E-state index contributed by atoms with van der Waals surface area (Å²) in [5.41, 5.74) is 7.17. The van der Waals surface area contributed by atoms with Crippen molar-refractivity contribution >= 4 is 11.0 Å². The van der Waals surface area contributed by atoms with Crippen LogP contribution in [0.5, 0.6) is 0 Å². The molecule has 1 heterocycles. The average molecular weight is 250 g/mol. The van der Waals surface area contributed by atoms with E-state index in [2.05, 4.69) is 62.2 Å². The molecule has 1 aromatic heterocycles. The molecule has 3 aromatic rings. The van der Waals surface area contributed by atoms with Crippen molar-refractivity contribution in [3.8, 4) is 11.4 Å². The molecule has 0 spiro atoms. The summed E-state index contributed by atoms with van der Waals surface area (Å²) in [7, 11) is 0. The van der Waals surface area contributed by atoms with Crippen LogP contribution in [0.3, 0.4) is 0 Å². The summed E-state index contributed by atoms with van der Waals surface area (Å²) in [6.45, 7) is 6.39. The Bertz CT molecular complexity index is 721. The molecule has 2 aromatic carbocycles. The lowest BCUT2D eigenvalue weighted by Crippen LogP contribution is -1.83. The van der Waals surface area contributed by atoms with Gasteiger partial charge in [-0.15, -0.1) is 0 Å². The van der Waals surface area contributed by atoms with Gasteiger partial charge in [-0.05, 0) is 43.0 Å². The maximum atomic E-state index is 4.72. The first-order valence-electron chi connectivity index (χ1n) is 6.73. The summed E-state index contributed by atoms with van der Waals surface area (Å²) in [5, 5.41) is 0. The van der Waals surface area contributed by atoms with E-state index in [1.165, 1.54) is 16.7 Å². The number of hydrogen-bond acceptors (Lipinski definition) is 1. The van der Waals surface area contributed by atoms with Gasteiger partial charge in [0, 0.05) is 5.56 Å². The van der Waals surface area contributed by atoms with E-state index in [-0.39, 0.29) is 0 Å². The van der Waals surface area contributed by atoms with Crippen molar-refractivity contribution in [1.82, 2.24) is 9.97 Å². The van der Waals surface area contributed by atoms with E-state index >= 15 is 0 Å². The molecule has 0 aliphatic carbocycles. The molecule has 0 amide bonds. The lowest BCUT2D eigenvalue weighted by atomic mass is 10.1. The highest BCUT2D eigenvalue weighted by Crippen LogP contribution is 2.24. The number of nitrogens with zero attached hydrogens (tertiary/aromatic N) is 1. The number of imidazole rings is 1. The number of fused-ring (bicyclic) bond motifs is 1. The van der Waals surface area contributed by atoms with Gasteiger partial charge in [-0.3, -0.25) is 0 Å². The molecule has 0 atom stereocenters. The van der Waals surface area contributed by atoms with Crippen molar-refractivity contribution < 1.29 is 0 Å². The van der Waals surface area contributed by atoms with Crippen LogP contribution in [0.25, 0.3) is 22.4 Å². The summed E-state index contributed by atoms with van der Waals surface area (Å²) < 4.78 is 0. The number of aryl methyl sites for hydroxylation is 3. The van der Waals surface area contributed by atoms with E-state index < -0.39 is 0 Å². The van der Waals surface area contributed by atoms with Crippen LogP contribution < -0.4 is 0 Å². The number of rotatable bonds is 2. The lowest BCUT2D eigenvalue weighted by Gasteiger charge is -1.98. The Hall–Kier alpha value is -2.09. The quantitative estimate of drug-likeness (QED) is 0.717. The third-order valence-electron chi connectivity index (χ3n) is 3.56. The monoisotopic (exact) mass is 250 g/mol. The molecule has 0 saturated heterocycles. The molecular formula is C17H18N2. The highest BCUT2D eigenvalue weighted by Gasteiger charge is 2.07. The molecule has 0 fully saturated rings. The predicted molar refractivity (Wildman–Crippen MR) is 80.4 cm³/mol. The molecule has 0 saturated carbocycles. The van der Waals surface area contributed by atoms with Crippen LogP contribution in [0.2, 0.25) is 0 Å². The fourth-order valence-electron chi connectivity index (χ4n) is 2.51. The summed E-state index contributed by atoms with van der Waals surface area (Å²) in [6, 6.07) is 12.9. The van der Waals surface area contributed by atoms with Crippen molar-refractivity contribution in [2.45, 2.75) is 27.2 Å². The van der Waals surface area contributed by atoms with Crippen molar-refractivity contribution in [1.29, 1.82) is 0 Å². The Morgan fingerprint density at radius 1 is 1.05 bits per heavy atom. The molecule has 0 unspecified atom stereocenters. The van der Waals surface area contributed by atoms with Gasteiger partial charge in [0.05, 0.1) is 11.0 Å². The predicted octanol–water partition coefficient (Wildman–Crippen LogP) is 4.41. The Balaban J connectivity index is 2.12. The molecule has 0 bridgehead atoms. The Kier molecular flexibility index (Phi) is 2.86. The van der Waals surface area contributed by atoms with Crippen molar-refractivity contribution in [3.63, 3.8) is 0 Å². The van der Waals surface area contributed by atoms with E-state index in [1.54, 1.807) is 0 Å². The third-order valence-corrected chi connectivity index (χ3v) is 3.56.